The fourth-order valence-corrected chi connectivity index (χ4v) is 2.99. The first-order chi connectivity index (χ1) is 7.83. The molecule has 0 radical (unpaired) electrons. The molecule has 1 aliphatic carbocycles. The molecule has 0 bridgehead atoms. The highest BCUT2D eigenvalue weighted by atomic mass is 19.3. The van der Waals surface area contributed by atoms with E-state index in [0.29, 0.717) is 12.3 Å². The van der Waals surface area contributed by atoms with Gasteiger partial charge in [0.05, 0.1) is 12.6 Å². The molecule has 1 aliphatic rings. The Balaban J connectivity index is 2.61. The maximum absolute atomic E-state index is 13.0. The third-order valence-corrected chi connectivity index (χ3v) is 3.68. The summed E-state index contributed by atoms with van der Waals surface area (Å²) >= 11 is 0. The molecule has 0 heterocycles. The van der Waals surface area contributed by atoms with E-state index in [9.17, 15) is 13.9 Å². The van der Waals surface area contributed by atoms with Gasteiger partial charge in [0.15, 0.2) is 0 Å². The summed E-state index contributed by atoms with van der Waals surface area (Å²) in [5.41, 5.74) is 0. The van der Waals surface area contributed by atoms with E-state index >= 15 is 0 Å². The molecular formula is C13H25F2NO. The number of alkyl halides is 2. The standard InChI is InChI=1S/C13H25F2NO/c1-4-5-10-6-7-11(17)8-12(10)16(3)9-13(2,14)15/h10-12,17H,4-9H2,1-3H3. The molecule has 0 aliphatic heterocycles. The van der Waals surface area contributed by atoms with Crippen molar-refractivity contribution in [1.29, 1.82) is 0 Å². The smallest absolute Gasteiger partial charge is 0.257 e. The second-order valence-electron chi connectivity index (χ2n) is 5.57. The van der Waals surface area contributed by atoms with Crippen LogP contribution >= 0.6 is 0 Å². The summed E-state index contributed by atoms with van der Waals surface area (Å²) in [6, 6.07) is 0.101. The van der Waals surface area contributed by atoms with E-state index in [0.717, 1.165) is 32.6 Å². The van der Waals surface area contributed by atoms with E-state index in [-0.39, 0.29) is 18.7 Å². The summed E-state index contributed by atoms with van der Waals surface area (Å²) in [7, 11) is 1.75. The normalized spacial score (nSPS) is 30.9. The molecule has 2 nitrogen and oxygen atoms in total. The van der Waals surface area contributed by atoms with E-state index < -0.39 is 5.92 Å². The van der Waals surface area contributed by atoms with Gasteiger partial charge in [0.1, 0.15) is 0 Å². The molecule has 1 rings (SSSR count). The van der Waals surface area contributed by atoms with E-state index in [2.05, 4.69) is 6.92 Å². The van der Waals surface area contributed by atoms with Crippen molar-refractivity contribution >= 4 is 0 Å². The van der Waals surface area contributed by atoms with Crippen molar-refractivity contribution in [2.75, 3.05) is 13.6 Å². The van der Waals surface area contributed by atoms with Gasteiger partial charge in [-0.2, -0.15) is 0 Å². The van der Waals surface area contributed by atoms with Gasteiger partial charge in [0.25, 0.3) is 5.92 Å². The first-order valence-corrected chi connectivity index (χ1v) is 6.59. The van der Waals surface area contributed by atoms with Crippen molar-refractivity contribution in [3.63, 3.8) is 0 Å². The van der Waals surface area contributed by atoms with E-state index in [1.807, 2.05) is 0 Å². The zero-order valence-corrected chi connectivity index (χ0v) is 11.1. The lowest BCUT2D eigenvalue weighted by atomic mass is 9.79. The lowest BCUT2D eigenvalue weighted by Crippen LogP contribution is -2.47. The van der Waals surface area contributed by atoms with Crippen LogP contribution in [-0.4, -0.2) is 41.7 Å². The number of aliphatic hydroxyl groups excluding tert-OH is 1. The summed E-state index contributed by atoms with van der Waals surface area (Å²) in [5.74, 6) is -2.20. The van der Waals surface area contributed by atoms with Crippen LogP contribution in [0.3, 0.4) is 0 Å². The highest BCUT2D eigenvalue weighted by Gasteiger charge is 2.35. The molecule has 0 aromatic heterocycles. The second-order valence-corrected chi connectivity index (χ2v) is 5.57. The minimum atomic E-state index is -2.66. The Kier molecular flexibility index (Phi) is 5.32. The maximum atomic E-state index is 13.0. The molecule has 0 aromatic rings. The number of hydrogen-bond donors (Lipinski definition) is 1. The zero-order chi connectivity index (χ0) is 13.1. The Morgan fingerprint density at radius 3 is 2.53 bits per heavy atom. The Labute approximate surface area is 103 Å². The number of hydrogen-bond acceptors (Lipinski definition) is 2. The Bertz CT molecular complexity index is 230. The quantitative estimate of drug-likeness (QED) is 0.810. The molecule has 1 fully saturated rings. The van der Waals surface area contributed by atoms with Gasteiger partial charge in [0, 0.05) is 13.0 Å². The van der Waals surface area contributed by atoms with Crippen LogP contribution in [0.5, 0.6) is 0 Å². The highest BCUT2D eigenvalue weighted by Crippen LogP contribution is 2.32. The summed E-state index contributed by atoms with van der Waals surface area (Å²) in [6.07, 6.45) is 4.24. The summed E-state index contributed by atoms with van der Waals surface area (Å²) < 4.78 is 26.1. The van der Waals surface area contributed by atoms with E-state index in [4.69, 9.17) is 0 Å². The number of nitrogens with zero attached hydrogens (tertiary/aromatic N) is 1. The van der Waals surface area contributed by atoms with Crippen molar-refractivity contribution in [1.82, 2.24) is 4.90 Å². The Morgan fingerprint density at radius 2 is 2.00 bits per heavy atom. The lowest BCUT2D eigenvalue weighted by molar-refractivity contribution is -0.0427. The molecule has 17 heavy (non-hydrogen) atoms. The van der Waals surface area contributed by atoms with Gasteiger partial charge in [-0.15, -0.1) is 0 Å². The van der Waals surface area contributed by atoms with Gasteiger partial charge < -0.3 is 5.11 Å². The van der Waals surface area contributed by atoms with Gasteiger partial charge in [-0.05, 0) is 38.6 Å². The van der Waals surface area contributed by atoms with Crippen LogP contribution in [0.25, 0.3) is 0 Å². The number of aliphatic hydroxyl groups is 1. The molecule has 1 N–H and O–H groups in total. The first-order valence-electron chi connectivity index (χ1n) is 6.59. The van der Waals surface area contributed by atoms with Gasteiger partial charge >= 0.3 is 0 Å². The van der Waals surface area contributed by atoms with Crippen molar-refractivity contribution in [3.8, 4) is 0 Å². The fourth-order valence-electron chi connectivity index (χ4n) is 2.99. The van der Waals surface area contributed by atoms with E-state index in [1.54, 1.807) is 11.9 Å². The number of halogens is 2. The SMILES string of the molecule is CCCC1CCC(O)CC1N(C)CC(C)(F)F. The van der Waals surface area contributed by atoms with Crippen LogP contribution in [0.2, 0.25) is 0 Å². The van der Waals surface area contributed by atoms with Crippen LogP contribution in [0.15, 0.2) is 0 Å². The fraction of sp³-hybridized carbons (Fsp3) is 1.00. The summed E-state index contributed by atoms with van der Waals surface area (Å²) in [6.45, 7) is 2.86. The lowest BCUT2D eigenvalue weighted by Gasteiger charge is -2.40. The van der Waals surface area contributed by atoms with Crippen molar-refractivity contribution in [2.45, 2.75) is 64.0 Å². The van der Waals surface area contributed by atoms with Crippen molar-refractivity contribution in [3.05, 3.63) is 0 Å². The minimum Gasteiger partial charge on any atom is -0.393 e. The summed E-state index contributed by atoms with van der Waals surface area (Å²) in [4.78, 5) is 1.74. The molecular weight excluding hydrogens is 224 g/mol. The third-order valence-electron chi connectivity index (χ3n) is 3.68. The largest absolute Gasteiger partial charge is 0.393 e. The highest BCUT2D eigenvalue weighted by molar-refractivity contribution is 4.86. The topological polar surface area (TPSA) is 23.5 Å². The molecule has 102 valence electrons. The van der Waals surface area contributed by atoms with Gasteiger partial charge in [-0.3, -0.25) is 4.90 Å². The molecule has 0 amide bonds. The van der Waals surface area contributed by atoms with Crippen molar-refractivity contribution in [2.24, 2.45) is 5.92 Å². The number of rotatable bonds is 5. The Morgan fingerprint density at radius 1 is 1.35 bits per heavy atom. The average Bonchev–Trinajstić information content (AvgIpc) is 2.18. The molecule has 1 saturated carbocycles. The van der Waals surface area contributed by atoms with Crippen LogP contribution in [0.4, 0.5) is 8.78 Å². The maximum Gasteiger partial charge on any atom is 0.257 e. The van der Waals surface area contributed by atoms with Crippen molar-refractivity contribution < 1.29 is 13.9 Å². The Hall–Kier alpha value is -0.220. The molecule has 3 atom stereocenters. The predicted octanol–water partition coefficient (Wildman–Crippen LogP) is 2.90. The van der Waals surface area contributed by atoms with Crippen LogP contribution < -0.4 is 0 Å². The first kappa shape index (κ1) is 14.8. The molecule has 0 spiro atoms. The molecule has 4 heteroatoms. The zero-order valence-electron chi connectivity index (χ0n) is 11.1. The van der Waals surface area contributed by atoms with Crippen LogP contribution in [0.1, 0.15) is 46.0 Å². The van der Waals surface area contributed by atoms with Gasteiger partial charge in [0.2, 0.25) is 0 Å². The molecule has 0 saturated heterocycles. The third kappa shape index (κ3) is 4.88. The minimum absolute atomic E-state index is 0.101. The monoisotopic (exact) mass is 249 g/mol. The van der Waals surface area contributed by atoms with Gasteiger partial charge in [-0.1, -0.05) is 13.3 Å². The molecule has 3 unspecified atom stereocenters. The predicted molar refractivity (Wildman–Crippen MR) is 65.3 cm³/mol. The van der Waals surface area contributed by atoms with Gasteiger partial charge in [-0.25, -0.2) is 8.78 Å². The van der Waals surface area contributed by atoms with E-state index in [1.165, 1.54) is 0 Å². The van der Waals surface area contributed by atoms with Crippen LogP contribution in [0, 0.1) is 5.92 Å². The summed E-state index contributed by atoms with van der Waals surface area (Å²) in [5, 5.41) is 9.70. The average molecular weight is 249 g/mol. The molecule has 0 aromatic carbocycles. The second kappa shape index (κ2) is 6.10. The van der Waals surface area contributed by atoms with Crippen LogP contribution in [-0.2, 0) is 0 Å².